The van der Waals surface area contributed by atoms with Crippen molar-refractivity contribution in [1.29, 1.82) is 0 Å². The van der Waals surface area contributed by atoms with Gasteiger partial charge in [-0.1, -0.05) is 34.6 Å². The number of aliphatic hydroxyl groups excluding tert-OH is 2. The van der Waals surface area contributed by atoms with Gasteiger partial charge in [0.2, 0.25) is 0 Å². The van der Waals surface area contributed by atoms with Crippen LogP contribution in [0.3, 0.4) is 0 Å². The van der Waals surface area contributed by atoms with Crippen LogP contribution in [0.25, 0.3) is 0 Å². The average Bonchev–Trinajstić information content (AvgIpc) is 2.20. The molecule has 108 valence electrons. The maximum atomic E-state index is 10.0. The summed E-state index contributed by atoms with van der Waals surface area (Å²) in [6, 6.07) is 0. The van der Waals surface area contributed by atoms with E-state index in [1.165, 1.54) is 0 Å². The van der Waals surface area contributed by atoms with E-state index in [0.29, 0.717) is 12.3 Å². The van der Waals surface area contributed by atoms with Crippen LogP contribution in [0.2, 0.25) is 18.1 Å². The summed E-state index contributed by atoms with van der Waals surface area (Å²) < 4.78 is 6.45. The molecule has 1 aliphatic carbocycles. The number of hydrogen-bond acceptors (Lipinski definition) is 3. The lowest BCUT2D eigenvalue weighted by Crippen LogP contribution is -2.54. The van der Waals surface area contributed by atoms with Crippen LogP contribution < -0.4 is 0 Å². The minimum Gasteiger partial charge on any atom is -0.413 e. The third-order valence-corrected chi connectivity index (χ3v) is 9.34. The summed E-state index contributed by atoms with van der Waals surface area (Å²) in [7, 11) is -1.82. The molecule has 0 heterocycles. The first-order valence-electron chi connectivity index (χ1n) is 7.01. The SMILES string of the molecule is C[C@H]1[C@H](O)[C@H](O)C[C@H](C)[C@@H]1O[Si](C)(C)C(C)(C)C. The maximum absolute atomic E-state index is 10.0. The lowest BCUT2D eigenvalue weighted by Gasteiger charge is -2.47. The van der Waals surface area contributed by atoms with Gasteiger partial charge in [0.15, 0.2) is 8.32 Å². The van der Waals surface area contributed by atoms with E-state index in [-0.39, 0.29) is 17.1 Å². The summed E-state index contributed by atoms with van der Waals surface area (Å²) in [5, 5.41) is 20.0. The second-order valence-corrected chi connectivity index (χ2v) is 12.2. The van der Waals surface area contributed by atoms with Gasteiger partial charge in [-0.05, 0) is 30.5 Å². The molecule has 5 atom stereocenters. The normalized spacial score (nSPS) is 38.8. The molecule has 0 aromatic carbocycles. The first kappa shape index (κ1) is 16.2. The molecule has 0 aromatic heterocycles. The van der Waals surface area contributed by atoms with Crippen molar-refractivity contribution in [3.05, 3.63) is 0 Å². The molecule has 0 unspecified atom stereocenters. The minimum atomic E-state index is -1.82. The van der Waals surface area contributed by atoms with E-state index in [9.17, 15) is 10.2 Å². The van der Waals surface area contributed by atoms with Gasteiger partial charge >= 0.3 is 0 Å². The van der Waals surface area contributed by atoms with Gasteiger partial charge in [0.25, 0.3) is 0 Å². The van der Waals surface area contributed by atoms with E-state index in [2.05, 4.69) is 40.8 Å². The number of aliphatic hydroxyl groups is 2. The number of hydrogen-bond donors (Lipinski definition) is 2. The lowest BCUT2D eigenvalue weighted by atomic mass is 9.77. The summed E-state index contributed by atoms with van der Waals surface area (Å²) >= 11 is 0. The second kappa shape index (κ2) is 5.23. The lowest BCUT2D eigenvalue weighted by molar-refractivity contribution is -0.106. The van der Waals surface area contributed by atoms with E-state index in [4.69, 9.17) is 4.43 Å². The van der Waals surface area contributed by atoms with Gasteiger partial charge in [-0.3, -0.25) is 0 Å². The van der Waals surface area contributed by atoms with Gasteiger partial charge in [-0.2, -0.15) is 0 Å². The third kappa shape index (κ3) is 3.16. The molecule has 0 spiro atoms. The van der Waals surface area contributed by atoms with Crippen LogP contribution in [0.4, 0.5) is 0 Å². The van der Waals surface area contributed by atoms with Crippen LogP contribution in [0, 0.1) is 11.8 Å². The van der Waals surface area contributed by atoms with E-state index in [0.717, 1.165) is 0 Å². The quantitative estimate of drug-likeness (QED) is 0.761. The molecule has 2 N–H and O–H groups in total. The zero-order chi connectivity index (χ0) is 14.3. The smallest absolute Gasteiger partial charge is 0.192 e. The average molecular weight is 274 g/mol. The molecule has 0 radical (unpaired) electrons. The first-order chi connectivity index (χ1) is 7.97. The molecule has 4 heteroatoms. The third-order valence-electron chi connectivity index (χ3n) is 4.86. The Kier molecular flexibility index (Phi) is 4.70. The summed E-state index contributed by atoms with van der Waals surface area (Å²) in [5.41, 5.74) is 0. The van der Waals surface area contributed by atoms with Gasteiger partial charge < -0.3 is 14.6 Å². The fourth-order valence-corrected chi connectivity index (χ4v) is 3.94. The Hall–Kier alpha value is 0.0969. The molecule has 1 aliphatic rings. The molecular weight excluding hydrogens is 244 g/mol. The van der Waals surface area contributed by atoms with Crippen LogP contribution in [0.1, 0.15) is 41.0 Å². The summed E-state index contributed by atoms with van der Waals surface area (Å²) in [5.74, 6) is 0.297. The molecule has 1 saturated carbocycles. The Labute approximate surface area is 113 Å². The Morgan fingerprint density at radius 2 is 1.61 bits per heavy atom. The molecule has 1 rings (SSSR count). The highest BCUT2D eigenvalue weighted by atomic mass is 28.4. The second-order valence-electron chi connectivity index (χ2n) is 7.47. The van der Waals surface area contributed by atoms with Gasteiger partial charge in [-0.15, -0.1) is 0 Å². The molecule has 0 saturated heterocycles. The van der Waals surface area contributed by atoms with Crippen LogP contribution in [-0.2, 0) is 4.43 Å². The van der Waals surface area contributed by atoms with E-state index < -0.39 is 20.5 Å². The zero-order valence-electron chi connectivity index (χ0n) is 12.9. The van der Waals surface area contributed by atoms with Gasteiger partial charge in [0.1, 0.15) is 0 Å². The fourth-order valence-electron chi connectivity index (χ4n) is 2.46. The van der Waals surface area contributed by atoms with Gasteiger partial charge in [0.05, 0.1) is 18.3 Å². The Morgan fingerprint density at radius 1 is 1.11 bits per heavy atom. The first-order valence-corrected chi connectivity index (χ1v) is 9.92. The predicted octanol–water partition coefficient (Wildman–Crippen LogP) is 2.77. The predicted molar refractivity (Wildman–Crippen MR) is 77.0 cm³/mol. The van der Waals surface area contributed by atoms with Crippen molar-refractivity contribution in [3.63, 3.8) is 0 Å². The standard InChI is InChI=1S/C14H30O3Si/c1-9-8-11(15)12(16)10(2)13(9)17-18(6,7)14(3,4)5/h9-13,15-16H,8H2,1-7H3/t9-,10-,11+,12-,13-/m0/s1. The highest BCUT2D eigenvalue weighted by Crippen LogP contribution is 2.41. The zero-order valence-corrected chi connectivity index (χ0v) is 13.9. The molecular formula is C14H30O3Si. The van der Waals surface area contributed by atoms with Crippen LogP contribution in [0.15, 0.2) is 0 Å². The minimum absolute atomic E-state index is 0.00197. The monoisotopic (exact) mass is 274 g/mol. The maximum Gasteiger partial charge on any atom is 0.192 e. The van der Waals surface area contributed by atoms with Crippen molar-refractivity contribution in [2.24, 2.45) is 11.8 Å². The van der Waals surface area contributed by atoms with Crippen molar-refractivity contribution in [1.82, 2.24) is 0 Å². The van der Waals surface area contributed by atoms with Crippen molar-refractivity contribution < 1.29 is 14.6 Å². The summed E-state index contributed by atoms with van der Waals surface area (Å²) in [6.45, 7) is 15.3. The molecule has 0 amide bonds. The topological polar surface area (TPSA) is 49.7 Å². The van der Waals surface area contributed by atoms with Gasteiger partial charge in [-0.25, -0.2) is 0 Å². The van der Waals surface area contributed by atoms with Crippen molar-refractivity contribution in [2.75, 3.05) is 0 Å². The number of rotatable bonds is 2. The highest BCUT2D eigenvalue weighted by Gasteiger charge is 2.45. The highest BCUT2D eigenvalue weighted by molar-refractivity contribution is 6.74. The van der Waals surface area contributed by atoms with Crippen molar-refractivity contribution >= 4 is 8.32 Å². The van der Waals surface area contributed by atoms with E-state index >= 15 is 0 Å². The fraction of sp³-hybridized carbons (Fsp3) is 1.00. The summed E-state index contributed by atoms with van der Waals surface area (Å²) in [4.78, 5) is 0. The Bertz CT molecular complexity index is 285. The molecule has 0 aromatic rings. The van der Waals surface area contributed by atoms with Crippen LogP contribution in [-0.4, -0.2) is 36.8 Å². The van der Waals surface area contributed by atoms with E-state index in [1.807, 2.05) is 6.92 Å². The van der Waals surface area contributed by atoms with Crippen molar-refractivity contribution in [3.8, 4) is 0 Å². The molecule has 1 fully saturated rings. The largest absolute Gasteiger partial charge is 0.413 e. The molecule has 0 bridgehead atoms. The van der Waals surface area contributed by atoms with Crippen molar-refractivity contribution in [2.45, 2.75) is 77.5 Å². The molecule has 18 heavy (non-hydrogen) atoms. The van der Waals surface area contributed by atoms with Crippen LogP contribution in [0.5, 0.6) is 0 Å². The van der Waals surface area contributed by atoms with E-state index in [1.54, 1.807) is 0 Å². The molecule has 3 nitrogen and oxygen atoms in total. The molecule has 0 aliphatic heterocycles. The van der Waals surface area contributed by atoms with Crippen LogP contribution >= 0.6 is 0 Å². The summed E-state index contributed by atoms with van der Waals surface area (Å²) in [6.07, 6.45) is -0.570. The Morgan fingerprint density at radius 3 is 2.06 bits per heavy atom. The van der Waals surface area contributed by atoms with Gasteiger partial charge in [0, 0.05) is 5.92 Å². The Balaban J connectivity index is 2.83.